The zero-order valence-electron chi connectivity index (χ0n) is 15.6. The molecule has 144 valence electrons. The topological polar surface area (TPSA) is 66.9 Å². The van der Waals surface area contributed by atoms with Crippen molar-refractivity contribution in [2.75, 3.05) is 30.8 Å². The molecule has 0 radical (unpaired) electrons. The van der Waals surface area contributed by atoms with E-state index < -0.39 is 10.0 Å². The molecular formula is C20H24N2O4S. The van der Waals surface area contributed by atoms with Crippen LogP contribution >= 0.6 is 0 Å². The number of amides is 1. The van der Waals surface area contributed by atoms with E-state index in [2.05, 4.69) is 0 Å². The molecular weight excluding hydrogens is 364 g/mol. The summed E-state index contributed by atoms with van der Waals surface area (Å²) in [5, 5.41) is 0. The Hall–Kier alpha value is -2.54. The van der Waals surface area contributed by atoms with Crippen LogP contribution in [0.4, 0.5) is 5.69 Å². The van der Waals surface area contributed by atoms with Gasteiger partial charge in [0.15, 0.2) is 0 Å². The molecule has 27 heavy (non-hydrogen) atoms. The number of ether oxygens (including phenoxy) is 1. The zero-order chi connectivity index (χ0) is 19.4. The quantitative estimate of drug-likeness (QED) is 0.790. The van der Waals surface area contributed by atoms with Crippen LogP contribution in [0.3, 0.4) is 0 Å². The fourth-order valence-electron chi connectivity index (χ4n) is 3.23. The van der Waals surface area contributed by atoms with Crippen LogP contribution in [-0.4, -0.2) is 45.7 Å². The van der Waals surface area contributed by atoms with Crippen LogP contribution in [0, 0.1) is 0 Å². The van der Waals surface area contributed by atoms with Crippen LogP contribution in [0.15, 0.2) is 48.5 Å². The van der Waals surface area contributed by atoms with Crippen LogP contribution < -0.4 is 9.04 Å². The monoisotopic (exact) mass is 388 g/mol. The molecule has 7 heteroatoms. The third kappa shape index (κ3) is 4.24. The average molecular weight is 388 g/mol. The summed E-state index contributed by atoms with van der Waals surface area (Å²) in [6.45, 7) is 0.911. The second-order valence-electron chi connectivity index (χ2n) is 6.62. The number of methoxy groups -OCH3 is 1. The van der Waals surface area contributed by atoms with Crippen molar-refractivity contribution >= 4 is 21.6 Å². The highest BCUT2D eigenvalue weighted by Crippen LogP contribution is 2.24. The van der Waals surface area contributed by atoms with Gasteiger partial charge in [0.05, 0.1) is 18.6 Å². The van der Waals surface area contributed by atoms with E-state index in [-0.39, 0.29) is 11.7 Å². The molecule has 2 aromatic rings. The van der Waals surface area contributed by atoms with E-state index in [9.17, 15) is 13.2 Å². The Morgan fingerprint density at radius 2 is 1.81 bits per heavy atom. The molecule has 0 atom stereocenters. The molecule has 1 aliphatic heterocycles. The van der Waals surface area contributed by atoms with E-state index in [1.54, 1.807) is 43.3 Å². The molecule has 0 aromatic heterocycles. The van der Waals surface area contributed by atoms with Crippen LogP contribution in [0.25, 0.3) is 0 Å². The van der Waals surface area contributed by atoms with Gasteiger partial charge in [-0.15, -0.1) is 0 Å². The molecule has 0 unspecified atom stereocenters. The molecule has 1 amide bonds. The van der Waals surface area contributed by atoms with Crippen molar-refractivity contribution < 1.29 is 17.9 Å². The van der Waals surface area contributed by atoms with E-state index in [4.69, 9.17) is 4.74 Å². The van der Waals surface area contributed by atoms with Crippen molar-refractivity contribution in [3.05, 3.63) is 59.7 Å². The zero-order valence-corrected chi connectivity index (χ0v) is 16.4. The van der Waals surface area contributed by atoms with Crippen molar-refractivity contribution in [1.82, 2.24) is 4.90 Å². The third-order valence-corrected chi connectivity index (χ3v) is 6.57. The van der Waals surface area contributed by atoms with Gasteiger partial charge >= 0.3 is 0 Å². The molecule has 0 bridgehead atoms. The van der Waals surface area contributed by atoms with Crippen molar-refractivity contribution in [2.45, 2.75) is 19.4 Å². The number of hydrogen-bond donors (Lipinski definition) is 0. The Morgan fingerprint density at radius 3 is 2.48 bits per heavy atom. The summed E-state index contributed by atoms with van der Waals surface area (Å²) in [7, 11) is 0.0888. The molecule has 2 aromatic carbocycles. The Balaban J connectivity index is 1.73. The minimum Gasteiger partial charge on any atom is -0.496 e. The highest BCUT2D eigenvalue weighted by Gasteiger charge is 2.26. The van der Waals surface area contributed by atoms with Crippen LogP contribution in [-0.2, 0) is 16.6 Å². The number of carbonyl (C=O) groups excluding carboxylic acids is 1. The predicted molar refractivity (Wildman–Crippen MR) is 106 cm³/mol. The molecule has 0 spiro atoms. The van der Waals surface area contributed by atoms with Gasteiger partial charge in [-0.2, -0.15) is 0 Å². The summed E-state index contributed by atoms with van der Waals surface area (Å²) < 4.78 is 31.2. The number of nitrogens with zero attached hydrogens (tertiary/aromatic N) is 2. The molecule has 0 aliphatic carbocycles. The van der Waals surface area contributed by atoms with E-state index in [1.807, 2.05) is 24.3 Å². The number of sulfonamides is 1. The molecule has 1 fully saturated rings. The van der Waals surface area contributed by atoms with Gasteiger partial charge in [0.25, 0.3) is 5.91 Å². The van der Waals surface area contributed by atoms with Gasteiger partial charge in [-0.1, -0.05) is 18.2 Å². The van der Waals surface area contributed by atoms with E-state index >= 15 is 0 Å². The van der Waals surface area contributed by atoms with Gasteiger partial charge in [-0.25, -0.2) is 8.42 Å². The standard InChI is InChI=1S/C20H24N2O4S/c1-21(15-17-7-3-4-8-19(17)26-2)20(23)16-9-11-18(12-10-16)22-13-5-6-14-27(22,24)25/h3-4,7-12H,5-6,13-15H2,1-2H3. The molecule has 0 N–H and O–H groups in total. The normalized spacial score (nSPS) is 16.0. The first kappa shape index (κ1) is 19.2. The smallest absolute Gasteiger partial charge is 0.253 e. The largest absolute Gasteiger partial charge is 0.496 e. The number of hydrogen-bond acceptors (Lipinski definition) is 4. The average Bonchev–Trinajstić information content (AvgIpc) is 2.67. The van der Waals surface area contributed by atoms with Gasteiger partial charge in [0.2, 0.25) is 10.0 Å². The highest BCUT2D eigenvalue weighted by atomic mass is 32.2. The van der Waals surface area contributed by atoms with E-state index in [1.165, 1.54) is 4.31 Å². The minimum absolute atomic E-state index is 0.131. The lowest BCUT2D eigenvalue weighted by Crippen LogP contribution is -2.37. The summed E-state index contributed by atoms with van der Waals surface area (Å²) in [4.78, 5) is 14.3. The second kappa shape index (κ2) is 8.00. The number of para-hydroxylation sites is 1. The van der Waals surface area contributed by atoms with Gasteiger partial charge in [-0.05, 0) is 43.2 Å². The fraction of sp³-hybridized carbons (Fsp3) is 0.350. The summed E-state index contributed by atoms with van der Waals surface area (Å²) in [6, 6.07) is 14.3. The Labute approximate surface area is 160 Å². The van der Waals surface area contributed by atoms with Crippen molar-refractivity contribution in [1.29, 1.82) is 0 Å². The van der Waals surface area contributed by atoms with Crippen LogP contribution in [0.5, 0.6) is 5.75 Å². The Kier molecular flexibility index (Phi) is 5.70. The van der Waals surface area contributed by atoms with Gasteiger partial charge in [0.1, 0.15) is 5.75 Å². The maximum atomic E-state index is 12.7. The molecule has 3 rings (SSSR count). The molecule has 1 aliphatic rings. The first-order valence-electron chi connectivity index (χ1n) is 8.90. The fourth-order valence-corrected chi connectivity index (χ4v) is 4.87. The predicted octanol–water partition coefficient (Wildman–Crippen LogP) is 2.90. The number of benzene rings is 2. The maximum absolute atomic E-state index is 12.7. The lowest BCUT2D eigenvalue weighted by atomic mass is 10.1. The number of anilines is 1. The van der Waals surface area contributed by atoms with Crippen LogP contribution in [0.2, 0.25) is 0 Å². The molecule has 6 nitrogen and oxygen atoms in total. The highest BCUT2D eigenvalue weighted by molar-refractivity contribution is 7.92. The Bertz CT molecular complexity index is 910. The number of rotatable bonds is 5. The van der Waals surface area contributed by atoms with Crippen molar-refractivity contribution in [3.63, 3.8) is 0 Å². The summed E-state index contributed by atoms with van der Waals surface area (Å²) >= 11 is 0. The lowest BCUT2D eigenvalue weighted by molar-refractivity contribution is 0.0784. The number of carbonyl (C=O) groups is 1. The van der Waals surface area contributed by atoms with Crippen molar-refractivity contribution in [2.24, 2.45) is 0 Å². The van der Waals surface area contributed by atoms with Crippen molar-refractivity contribution in [3.8, 4) is 5.75 Å². The SMILES string of the molecule is COc1ccccc1CN(C)C(=O)c1ccc(N2CCCCS2(=O)=O)cc1. The molecule has 1 saturated heterocycles. The van der Waals surface area contributed by atoms with Gasteiger partial charge < -0.3 is 9.64 Å². The molecule has 1 heterocycles. The second-order valence-corrected chi connectivity index (χ2v) is 8.63. The summed E-state index contributed by atoms with van der Waals surface area (Å²) in [6.07, 6.45) is 1.55. The molecule has 0 saturated carbocycles. The lowest BCUT2D eigenvalue weighted by Gasteiger charge is -2.28. The van der Waals surface area contributed by atoms with Gasteiger partial charge in [0, 0.05) is 31.3 Å². The summed E-state index contributed by atoms with van der Waals surface area (Å²) in [5.74, 6) is 0.784. The summed E-state index contributed by atoms with van der Waals surface area (Å²) in [5.41, 5.74) is 2.05. The minimum atomic E-state index is -3.25. The van der Waals surface area contributed by atoms with E-state index in [0.717, 1.165) is 17.7 Å². The maximum Gasteiger partial charge on any atom is 0.253 e. The third-order valence-electron chi connectivity index (χ3n) is 4.70. The first-order valence-corrected chi connectivity index (χ1v) is 10.5. The van der Waals surface area contributed by atoms with Crippen LogP contribution in [0.1, 0.15) is 28.8 Å². The van der Waals surface area contributed by atoms with E-state index in [0.29, 0.717) is 30.8 Å². The van der Waals surface area contributed by atoms with Gasteiger partial charge in [-0.3, -0.25) is 9.10 Å². The Morgan fingerprint density at radius 1 is 1.11 bits per heavy atom. The first-order chi connectivity index (χ1) is 12.9.